The fourth-order valence-electron chi connectivity index (χ4n) is 2.44. The van der Waals surface area contributed by atoms with Gasteiger partial charge in [0.15, 0.2) is 0 Å². The van der Waals surface area contributed by atoms with Gasteiger partial charge in [0.05, 0.1) is 0 Å². The topological polar surface area (TPSA) is 32.3 Å². The van der Waals surface area contributed by atoms with E-state index in [0.717, 1.165) is 19.5 Å². The highest BCUT2D eigenvalue weighted by Gasteiger charge is 2.27. The SMILES string of the molecule is CC(=O)NC1CC(c2cccs2)CN(C)C1. The summed E-state index contributed by atoms with van der Waals surface area (Å²) in [5.74, 6) is 0.640. The lowest BCUT2D eigenvalue weighted by atomic mass is 9.93. The first-order chi connectivity index (χ1) is 7.65. The number of nitrogens with one attached hydrogen (secondary N) is 1. The van der Waals surface area contributed by atoms with Crippen LogP contribution < -0.4 is 5.32 Å². The standard InChI is InChI=1S/C12H18N2OS/c1-9(15)13-11-6-10(7-14(2)8-11)12-4-3-5-16-12/h3-5,10-11H,6-8H2,1-2H3,(H,13,15). The number of hydrogen-bond acceptors (Lipinski definition) is 3. The monoisotopic (exact) mass is 238 g/mol. The molecule has 1 aliphatic rings. The van der Waals surface area contributed by atoms with Crippen molar-refractivity contribution in [1.29, 1.82) is 0 Å². The van der Waals surface area contributed by atoms with Gasteiger partial charge in [0, 0.05) is 36.9 Å². The Balaban J connectivity index is 2.02. The van der Waals surface area contributed by atoms with Crippen LogP contribution in [-0.4, -0.2) is 37.0 Å². The van der Waals surface area contributed by atoms with Crippen LogP contribution in [0.1, 0.15) is 24.1 Å². The van der Waals surface area contributed by atoms with Gasteiger partial charge in [0.25, 0.3) is 0 Å². The highest BCUT2D eigenvalue weighted by molar-refractivity contribution is 7.10. The van der Waals surface area contributed by atoms with Crippen molar-refractivity contribution >= 4 is 17.2 Å². The number of hydrogen-bond donors (Lipinski definition) is 1. The lowest BCUT2D eigenvalue weighted by Gasteiger charge is -2.35. The molecule has 0 spiro atoms. The van der Waals surface area contributed by atoms with Crippen molar-refractivity contribution in [3.8, 4) is 0 Å². The molecule has 1 saturated heterocycles. The summed E-state index contributed by atoms with van der Waals surface area (Å²) in [4.78, 5) is 14.8. The summed E-state index contributed by atoms with van der Waals surface area (Å²) in [5, 5.41) is 5.15. The van der Waals surface area contributed by atoms with Crippen LogP contribution in [-0.2, 0) is 4.79 Å². The molecule has 2 rings (SSSR count). The van der Waals surface area contributed by atoms with Gasteiger partial charge in [-0.3, -0.25) is 4.79 Å². The molecular weight excluding hydrogens is 220 g/mol. The number of carbonyl (C=O) groups excluding carboxylic acids is 1. The Morgan fingerprint density at radius 1 is 1.56 bits per heavy atom. The molecule has 1 fully saturated rings. The van der Waals surface area contributed by atoms with Gasteiger partial charge >= 0.3 is 0 Å². The Labute approximate surface area is 100 Å². The van der Waals surface area contributed by atoms with Gasteiger partial charge in [0.2, 0.25) is 5.91 Å². The van der Waals surface area contributed by atoms with E-state index >= 15 is 0 Å². The molecule has 1 aromatic rings. The average Bonchev–Trinajstić information content (AvgIpc) is 2.67. The number of amides is 1. The van der Waals surface area contributed by atoms with Crippen molar-refractivity contribution in [1.82, 2.24) is 10.2 Å². The quantitative estimate of drug-likeness (QED) is 0.850. The van der Waals surface area contributed by atoms with Crippen molar-refractivity contribution in [3.05, 3.63) is 22.4 Å². The summed E-state index contributed by atoms with van der Waals surface area (Å²) >= 11 is 1.81. The number of piperidine rings is 1. The Hall–Kier alpha value is -0.870. The third-order valence-corrected chi connectivity index (χ3v) is 4.02. The predicted octanol–water partition coefficient (Wildman–Crippen LogP) is 1.67. The first-order valence-corrected chi connectivity index (χ1v) is 6.52. The largest absolute Gasteiger partial charge is 0.352 e. The molecule has 0 aliphatic carbocycles. The van der Waals surface area contributed by atoms with E-state index in [4.69, 9.17) is 0 Å². The summed E-state index contributed by atoms with van der Waals surface area (Å²) < 4.78 is 0. The summed E-state index contributed by atoms with van der Waals surface area (Å²) in [5.41, 5.74) is 0. The van der Waals surface area contributed by atoms with E-state index in [2.05, 4.69) is 34.8 Å². The molecule has 88 valence electrons. The number of carbonyl (C=O) groups is 1. The molecule has 0 bridgehead atoms. The van der Waals surface area contributed by atoms with Crippen molar-refractivity contribution in [3.63, 3.8) is 0 Å². The Morgan fingerprint density at radius 2 is 2.38 bits per heavy atom. The second-order valence-corrected chi connectivity index (χ2v) is 5.55. The lowest BCUT2D eigenvalue weighted by molar-refractivity contribution is -0.120. The van der Waals surface area contributed by atoms with E-state index < -0.39 is 0 Å². The summed E-state index contributed by atoms with van der Waals surface area (Å²) in [6.07, 6.45) is 1.06. The van der Waals surface area contributed by atoms with Crippen LogP contribution in [0, 0.1) is 0 Å². The number of rotatable bonds is 2. The number of likely N-dealkylation sites (N-methyl/N-ethyl adjacent to an activating group) is 1. The van der Waals surface area contributed by atoms with Crippen molar-refractivity contribution < 1.29 is 4.79 Å². The maximum absolute atomic E-state index is 11.1. The molecule has 2 unspecified atom stereocenters. The smallest absolute Gasteiger partial charge is 0.217 e. The Morgan fingerprint density at radius 3 is 3.00 bits per heavy atom. The molecule has 0 radical (unpaired) electrons. The first kappa shape index (κ1) is 11.6. The maximum Gasteiger partial charge on any atom is 0.217 e. The number of thiophene rings is 1. The third kappa shape index (κ3) is 2.83. The molecule has 0 saturated carbocycles. The molecule has 1 N–H and O–H groups in total. The van der Waals surface area contributed by atoms with Crippen LogP contribution in [0.4, 0.5) is 0 Å². The molecular formula is C12H18N2OS. The Kier molecular flexibility index (Phi) is 3.61. The molecule has 2 atom stereocenters. The van der Waals surface area contributed by atoms with Gasteiger partial charge in [-0.05, 0) is 24.9 Å². The van der Waals surface area contributed by atoms with Crippen LogP contribution in [0.2, 0.25) is 0 Å². The Bertz CT molecular complexity index is 350. The summed E-state index contributed by atoms with van der Waals surface area (Å²) in [6, 6.07) is 4.59. The van der Waals surface area contributed by atoms with Crippen LogP contribution in [0.3, 0.4) is 0 Å². The molecule has 1 aliphatic heterocycles. The highest BCUT2D eigenvalue weighted by Crippen LogP contribution is 2.29. The van der Waals surface area contributed by atoms with Crippen molar-refractivity contribution in [2.24, 2.45) is 0 Å². The summed E-state index contributed by atoms with van der Waals surface area (Å²) in [6.45, 7) is 3.65. The fraction of sp³-hybridized carbons (Fsp3) is 0.583. The van der Waals surface area contributed by atoms with E-state index in [1.807, 2.05) is 11.3 Å². The molecule has 16 heavy (non-hydrogen) atoms. The molecule has 1 amide bonds. The van der Waals surface area contributed by atoms with Crippen molar-refractivity contribution in [2.45, 2.75) is 25.3 Å². The van der Waals surface area contributed by atoms with Crippen LogP contribution >= 0.6 is 11.3 Å². The second kappa shape index (κ2) is 4.97. The van der Waals surface area contributed by atoms with Crippen molar-refractivity contribution in [2.75, 3.05) is 20.1 Å². The van der Waals surface area contributed by atoms with E-state index in [1.54, 1.807) is 6.92 Å². The van der Waals surface area contributed by atoms with E-state index in [9.17, 15) is 4.79 Å². The van der Waals surface area contributed by atoms with Gasteiger partial charge < -0.3 is 10.2 Å². The number of likely N-dealkylation sites (tertiary alicyclic amines) is 1. The van der Waals surface area contributed by atoms with Crippen LogP contribution in [0.5, 0.6) is 0 Å². The second-order valence-electron chi connectivity index (χ2n) is 4.57. The minimum Gasteiger partial charge on any atom is -0.352 e. The zero-order valence-electron chi connectivity index (χ0n) is 9.77. The third-order valence-electron chi connectivity index (χ3n) is 2.99. The lowest BCUT2D eigenvalue weighted by Crippen LogP contribution is -2.48. The van der Waals surface area contributed by atoms with Gasteiger partial charge in [0.1, 0.15) is 0 Å². The van der Waals surface area contributed by atoms with Gasteiger partial charge in [-0.1, -0.05) is 6.07 Å². The predicted molar refractivity (Wildman–Crippen MR) is 66.8 cm³/mol. The minimum absolute atomic E-state index is 0.0743. The van der Waals surface area contributed by atoms with Crippen LogP contribution in [0.15, 0.2) is 17.5 Å². The normalized spacial score (nSPS) is 26.6. The maximum atomic E-state index is 11.1. The van der Waals surface area contributed by atoms with Crippen LogP contribution in [0.25, 0.3) is 0 Å². The van der Waals surface area contributed by atoms with E-state index in [0.29, 0.717) is 12.0 Å². The fourth-order valence-corrected chi connectivity index (χ4v) is 3.28. The molecule has 3 nitrogen and oxygen atoms in total. The molecule has 1 aromatic heterocycles. The highest BCUT2D eigenvalue weighted by atomic mass is 32.1. The van der Waals surface area contributed by atoms with Gasteiger partial charge in [-0.15, -0.1) is 11.3 Å². The average molecular weight is 238 g/mol. The summed E-state index contributed by atoms with van der Waals surface area (Å²) in [7, 11) is 2.12. The van der Waals surface area contributed by atoms with E-state index in [-0.39, 0.29) is 5.91 Å². The van der Waals surface area contributed by atoms with Gasteiger partial charge in [-0.25, -0.2) is 0 Å². The molecule has 0 aromatic carbocycles. The molecule has 2 heterocycles. The minimum atomic E-state index is 0.0743. The van der Waals surface area contributed by atoms with E-state index in [1.165, 1.54) is 4.88 Å². The first-order valence-electron chi connectivity index (χ1n) is 5.64. The number of nitrogens with zero attached hydrogens (tertiary/aromatic N) is 1. The van der Waals surface area contributed by atoms with Gasteiger partial charge in [-0.2, -0.15) is 0 Å². The molecule has 4 heteroatoms. The zero-order chi connectivity index (χ0) is 11.5. The zero-order valence-corrected chi connectivity index (χ0v) is 10.6.